The number of aromatic nitrogens is 2. The minimum Gasteiger partial charge on any atom is -0.480 e. The number of hydrogen-bond donors (Lipinski definition) is 4. The van der Waals surface area contributed by atoms with Crippen molar-refractivity contribution >= 4 is 80.5 Å². The number of nitrogens with one attached hydrogen (secondary N) is 2. The van der Waals surface area contributed by atoms with E-state index < -0.39 is 37.0 Å². The molecule has 14 heteroatoms. The van der Waals surface area contributed by atoms with Crippen molar-refractivity contribution in [1.29, 1.82) is 0 Å². The second-order valence-corrected chi connectivity index (χ2v) is 11.6. The summed E-state index contributed by atoms with van der Waals surface area (Å²) in [5.41, 5.74) is 4.73. The molecule has 4 N–H and O–H groups in total. The van der Waals surface area contributed by atoms with Gasteiger partial charge in [0, 0.05) is 45.2 Å². The lowest BCUT2D eigenvalue weighted by Gasteiger charge is -2.08. The number of rotatable bonds is 17. The molecule has 4 rings (SSSR count). The van der Waals surface area contributed by atoms with E-state index in [1.54, 1.807) is 35.7 Å². The van der Waals surface area contributed by atoms with E-state index in [0.717, 1.165) is 56.2 Å². The van der Waals surface area contributed by atoms with Gasteiger partial charge in [0.25, 0.3) is 0 Å². The van der Waals surface area contributed by atoms with E-state index in [4.69, 9.17) is 29.7 Å². The molecule has 0 aliphatic heterocycles. The van der Waals surface area contributed by atoms with Crippen LogP contribution in [-0.2, 0) is 40.2 Å². The Balaban J connectivity index is 1.16. The number of amides is 2. The van der Waals surface area contributed by atoms with Crippen molar-refractivity contribution < 1.29 is 38.9 Å². The number of fused-ring (bicyclic) bond motifs is 2. The van der Waals surface area contributed by atoms with Crippen LogP contribution in [0, 0.1) is 0 Å². The first kappa shape index (κ1) is 32.7. The molecule has 0 bridgehead atoms. The van der Waals surface area contributed by atoms with Crippen LogP contribution in [0.1, 0.15) is 11.4 Å². The first-order chi connectivity index (χ1) is 21.2. The van der Waals surface area contributed by atoms with Crippen LogP contribution in [0.25, 0.3) is 21.8 Å². The van der Waals surface area contributed by atoms with Gasteiger partial charge < -0.3 is 30.3 Å². The number of pyridine rings is 2. The van der Waals surface area contributed by atoms with Gasteiger partial charge in [0.15, 0.2) is 0 Å². The number of carbonyl (C=O) groups excluding carboxylic acids is 2. The Morgan fingerprint density at radius 3 is 1.45 bits per heavy atom. The van der Waals surface area contributed by atoms with Gasteiger partial charge in [-0.2, -0.15) is 23.5 Å². The first-order valence-corrected chi connectivity index (χ1v) is 15.7. The molecular weight excluding hydrogens is 608 g/mol. The molecule has 12 nitrogen and oxygen atoms in total. The predicted octanol–water partition coefficient (Wildman–Crippen LogP) is 4.03. The van der Waals surface area contributed by atoms with E-state index >= 15 is 0 Å². The van der Waals surface area contributed by atoms with Crippen molar-refractivity contribution in [2.75, 3.05) is 48.6 Å². The number of carboxylic acids is 2. The Morgan fingerprint density at radius 1 is 0.614 bits per heavy atom. The smallest absolute Gasteiger partial charge is 0.329 e. The molecule has 0 saturated carbocycles. The highest BCUT2D eigenvalue weighted by molar-refractivity contribution is 8.02. The Morgan fingerprint density at radius 2 is 1.05 bits per heavy atom. The SMILES string of the molecule is O=C(O)COCC(=O)Nc1ccc2nc(CSCCSCc3ccc4cc(NC(=O)COCC(=O)O)ccc4n3)ccc2c1. The molecule has 4 aromatic rings. The van der Waals surface area contributed by atoms with E-state index in [1.165, 1.54) is 0 Å². The van der Waals surface area contributed by atoms with Crippen LogP contribution >= 0.6 is 23.5 Å². The zero-order valence-electron chi connectivity index (χ0n) is 23.5. The summed E-state index contributed by atoms with van der Waals surface area (Å²) in [6.07, 6.45) is 0. The van der Waals surface area contributed by atoms with Gasteiger partial charge in [-0.1, -0.05) is 12.1 Å². The molecule has 0 unspecified atom stereocenters. The molecule has 0 radical (unpaired) electrons. The van der Waals surface area contributed by atoms with Gasteiger partial charge in [-0.3, -0.25) is 19.6 Å². The van der Waals surface area contributed by atoms with Crippen molar-refractivity contribution in [3.05, 3.63) is 72.1 Å². The third-order valence-electron chi connectivity index (χ3n) is 5.85. The van der Waals surface area contributed by atoms with E-state index in [0.29, 0.717) is 11.4 Å². The van der Waals surface area contributed by atoms with Crippen LogP contribution in [0.5, 0.6) is 0 Å². The summed E-state index contributed by atoms with van der Waals surface area (Å²) >= 11 is 3.59. The van der Waals surface area contributed by atoms with Crippen molar-refractivity contribution in [3.8, 4) is 0 Å². The Bertz CT molecular complexity index is 1530. The molecule has 0 atom stereocenters. The summed E-state index contributed by atoms with van der Waals surface area (Å²) in [5.74, 6) is 0.327. The molecular formula is C30H30N4O8S2. The van der Waals surface area contributed by atoms with Crippen LogP contribution in [0.2, 0.25) is 0 Å². The molecule has 2 heterocycles. The fourth-order valence-corrected chi connectivity index (χ4v) is 5.95. The fraction of sp³-hybridized carbons (Fsp3) is 0.267. The summed E-state index contributed by atoms with van der Waals surface area (Å²) in [4.78, 5) is 54.2. The van der Waals surface area contributed by atoms with Crippen LogP contribution in [-0.4, -0.2) is 81.9 Å². The summed E-state index contributed by atoms with van der Waals surface area (Å²) in [5, 5.41) is 24.3. The lowest BCUT2D eigenvalue weighted by molar-refractivity contribution is -0.144. The number of anilines is 2. The van der Waals surface area contributed by atoms with Gasteiger partial charge in [-0.15, -0.1) is 0 Å². The maximum atomic E-state index is 11.9. The summed E-state index contributed by atoms with van der Waals surface area (Å²) in [7, 11) is 0. The standard InChI is InChI=1S/C30H30N4O8S2/c35-27(13-41-15-29(37)38)33-21-5-7-25-19(11-21)1-3-23(31-25)17-43-9-10-44-18-24-4-2-20-12-22(6-8-26(20)32-24)34-28(36)14-42-16-30(39)40/h1-8,11-12H,9-10,13-18H2,(H,33,35)(H,34,36)(H,37,38)(H,39,40). The highest BCUT2D eigenvalue weighted by Gasteiger charge is 2.08. The molecule has 0 aliphatic rings. The Hall–Kier alpha value is -4.24. The van der Waals surface area contributed by atoms with Crippen molar-refractivity contribution in [2.24, 2.45) is 0 Å². The van der Waals surface area contributed by atoms with Crippen molar-refractivity contribution in [1.82, 2.24) is 9.97 Å². The zero-order valence-corrected chi connectivity index (χ0v) is 25.1. The second kappa shape index (κ2) is 16.6. The fourth-order valence-electron chi connectivity index (χ4n) is 3.98. The monoisotopic (exact) mass is 638 g/mol. The molecule has 0 spiro atoms. The van der Waals surface area contributed by atoms with Gasteiger partial charge in [-0.05, 0) is 48.5 Å². The van der Waals surface area contributed by atoms with Crippen LogP contribution in [0.15, 0.2) is 60.7 Å². The number of aliphatic carboxylic acids is 2. The lowest BCUT2D eigenvalue weighted by Crippen LogP contribution is -2.20. The normalized spacial score (nSPS) is 11.0. The zero-order chi connectivity index (χ0) is 31.3. The van der Waals surface area contributed by atoms with E-state index in [1.807, 2.05) is 48.5 Å². The van der Waals surface area contributed by atoms with Gasteiger partial charge in [0.1, 0.15) is 26.4 Å². The number of benzene rings is 2. The molecule has 0 fully saturated rings. The molecule has 44 heavy (non-hydrogen) atoms. The number of carbonyl (C=O) groups is 4. The van der Waals surface area contributed by atoms with E-state index in [9.17, 15) is 19.2 Å². The summed E-state index contributed by atoms with van der Waals surface area (Å²) < 4.78 is 9.61. The van der Waals surface area contributed by atoms with E-state index in [-0.39, 0.29) is 13.2 Å². The number of thioether (sulfide) groups is 2. The first-order valence-electron chi connectivity index (χ1n) is 13.4. The van der Waals surface area contributed by atoms with Crippen LogP contribution < -0.4 is 10.6 Å². The predicted molar refractivity (Wildman–Crippen MR) is 170 cm³/mol. The number of ether oxygens (including phenoxy) is 2. The largest absolute Gasteiger partial charge is 0.480 e. The van der Waals surface area contributed by atoms with Crippen LogP contribution in [0.4, 0.5) is 11.4 Å². The topological polar surface area (TPSA) is 177 Å². The van der Waals surface area contributed by atoms with Gasteiger partial charge in [0.2, 0.25) is 11.8 Å². The molecule has 2 aromatic carbocycles. The highest BCUT2D eigenvalue weighted by Crippen LogP contribution is 2.23. The lowest BCUT2D eigenvalue weighted by atomic mass is 10.2. The van der Waals surface area contributed by atoms with Crippen molar-refractivity contribution in [3.63, 3.8) is 0 Å². The van der Waals surface area contributed by atoms with Crippen molar-refractivity contribution in [2.45, 2.75) is 11.5 Å². The van der Waals surface area contributed by atoms with Gasteiger partial charge in [-0.25, -0.2) is 9.59 Å². The van der Waals surface area contributed by atoms with Gasteiger partial charge >= 0.3 is 11.9 Å². The Labute approximate surface area is 260 Å². The molecule has 0 aliphatic carbocycles. The average Bonchev–Trinajstić information content (AvgIpc) is 2.98. The molecule has 2 aromatic heterocycles. The maximum absolute atomic E-state index is 11.9. The molecule has 230 valence electrons. The van der Waals surface area contributed by atoms with Gasteiger partial charge in [0.05, 0.1) is 22.4 Å². The molecule has 2 amide bonds. The number of nitrogens with zero attached hydrogens (tertiary/aromatic N) is 2. The van der Waals surface area contributed by atoms with E-state index in [2.05, 4.69) is 10.6 Å². The number of hydrogen-bond acceptors (Lipinski definition) is 10. The Kier molecular flexibility index (Phi) is 12.3. The summed E-state index contributed by atoms with van der Waals surface area (Å²) in [6.45, 7) is -1.73. The third kappa shape index (κ3) is 10.8. The third-order valence-corrected chi connectivity index (χ3v) is 8.09. The minimum absolute atomic E-state index is 0.337. The summed E-state index contributed by atoms with van der Waals surface area (Å²) in [6, 6.07) is 18.6. The second-order valence-electron chi connectivity index (χ2n) is 9.39. The average molecular weight is 639 g/mol. The minimum atomic E-state index is -1.13. The quantitative estimate of drug-likeness (QED) is 0.122. The van der Waals surface area contributed by atoms with Crippen LogP contribution in [0.3, 0.4) is 0 Å². The highest BCUT2D eigenvalue weighted by atomic mass is 32.2. The molecule has 0 saturated heterocycles. The number of carboxylic acid groups (broad SMARTS) is 2. The maximum Gasteiger partial charge on any atom is 0.329 e.